The van der Waals surface area contributed by atoms with E-state index in [9.17, 15) is 9.59 Å². The van der Waals surface area contributed by atoms with Gasteiger partial charge in [-0.1, -0.05) is 18.2 Å². The number of aryl methyl sites for hydroxylation is 2. The van der Waals surface area contributed by atoms with Crippen molar-refractivity contribution in [3.8, 4) is 5.75 Å². The molecule has 2 aromatic rings. The number of hydrogen-bond acceptors (Lipinski definition) is 3. The number of carbonyl (C=O) groups is 2. The van der Waals surface area contributed by atoms with E-state index in [1.807, 2.05) is 6.07 Å². The quantitative estimate of drug-likeness (QED) is 0.862. The highest BCUT2D eigenvalue weighted by Gasteiger charge is 2.13. The van der Waals surface area contributed by atoms with Crippen LogP contribution in [0.4, 0.5) is 11.4 Å². The van der Waals surface area contributed by atoms with E-state index in [1.165, 1.54) is 30.9 Å². The summed E-state index contributed by atoms with van der Waals surface area (Å²) in [7, 11) is 1.56. The summed E-state index contributed by atoms with van der Waals surface area (Å²) in [5, 5.41) is 5.61. The van der Waals surface area contributed by atoms with Gasteiger partial charge < -0.3 is 15.4 Å². The van der Waals surface area contributed by atoms with Crippen LogP contribution < -0.4 is 15.4 Å². The van der Waals surface area contributed by atoms with Gasteiger partial charge in [-0.25, -0.2) is 0 Å². The molecule has 2 N–H and O–H groups in total. The smallest absolute Gasteiger partial charge is 0.228 e. The van der Waals surface area contributed by atoms with Gasteiger partial charge in [-0.05, 0) is 54.5 Å². The average Bonchev–Trinajstić information content (AvgIpc) is 2.62. The maximum Gasteiger partial charge on any atom is 0.228 e. The Morgan fingerprint density at radius 2 is 1.73 bits per heavy atom. The molecule has 0 spiro atoms. The summed E-state index contributed by atoms with van der Waals surface area (Å²) < 4.78 is 5.21. The van der Waals surface area contributed by atoms with Crippen molar-refractivity contribution >= 4 is 23.2 Å². The van der Waals surface area contributed by atoms with Crippen LogP contribution in [0.2, 0.25) is 0 Å². The third kappa shape index (κ3) is 4.42. The zero-order chi connectivity index (χ0) is 18.5. The zero-order valence-electron chi connectivity index (χ0n) is 15.2. The molecule has 26 heavy (non-hydrogen) atoms. The van der Waals surface area contributed by atoms with Gasteiger partial charge >= 0.3 is 0 Å². The maximum atomic E-state index is 12.5. The lowest BCUT2D eigenvalue weighted by Gasteiger charge is -2.17. The molecule has 3 rings (SSSR count). The Labute approximate surface area is 153 Å². The molecule has 0 aromatic heterocycles. The molecule has 0 aliphatic heterocycles. The fourth-order valence-electron chi connectivity index (χ4n) is 3.33. The molecule has 0 atom stereocenters. The normalized spacial score (nSPS) is 12.8. The van der Waals surface area contributed by atoms with E-state index in [0.29, 0.717) is 23.5 Å². The Hall–Kier alpha value is -2.82. The lowest BCUT2D eigenvalue weighted by atomic mass is 9.90. The molecule has 5 nitrogen and oxygen atoms in total. The van der Waals surface area contributed by atoms with Crippen LogP contribution in [-0.2, 0) is 28.9 Å². The molecule has 0 saturated heterocycles. The van der Waals surface area contributed by atoms with Crippen molar-refractivity contribution in [3.63, 3.8) is 0 Å². The average molecular weight is 352 g/mol. The lowest BCUT2D eigenvalue weighted by molar-refractivity contribution is -0.116. The van der Waals surface area contributed by atoms with Crippen LogP contribution in [0.3, 0.4) is 0 Å². The van der Waals surface area contributed by atoms with Crippen molar-refractivity contribution in [2.45, 2.75) is 39.0 Å². The van der Waals surface area contributed by atoms with Crippen LogP contribution in [0.15, 0.2) is 36.4 Å². The number of rotatable bonds is 5. The zero-order valence-corrected chi connectivity index (χ0v) is 15.2. The molecular weight excluding hydrogens is 328 g/mol. The topological polar surface area (TPSA) is 67.4 Å². The van der Waals surface area contributed by atoms with E-state index < -0.39 is 0 Å². The summed E-state index contributed by atoms with van der Waals surface area (Å²) in [6.45, 7) is 1.43. The third-order valence-electron chi connectivity index (χ3n) is 4.59. The highest BCUT2D eigenvalue weighted by atomic mass is 16.5. The predicted molar refractivity (Wildman–Crippen MR) is 103 cm³/mol. The Bertz CT molecular complexity index is 830. The number of methoxy groups -OCH3 is 1. The van der Waals surface area contributed by atoms with Crippen LogP contribution in [0.25, 0.3) is 0 Å². The molecule has 5 heteroatoms. The van der Waals surface area contributed by atoms with Gasteiger partial charge in [0.1, 0.15) is 5.75 Å². The van der Waals surface area contributed by atoms with Gasteiger partial charge in [-0.3, -0.25) is 9.59 Å². The van der Waals surface area contributed by atoms with Gasteiger partial charge in [0.25, 0.3) is 0 Å². The molecule has 0 bridgehead atoms. The van der Waals surface area contributed by atoms with Gasteiger partial charge in [-0.2, -0.15) is 0 Å². The van der Waals surface area contributed by atoms with Crippen LogP contribution in [-0.4, -0.2) is 18.9 Å². The molecule has 0 fully saturated rings. The van der Waals surface area contributed by atoms with Gasteiger partial charge in [0, 0.05) is 13.0 Å². The van der Waals surface area contributed by atoms with Gasteiger partial charge in [-0.15, -0.1) is 0 Å². The lowest BCUT2D eigenvalue weighted by Crippen LogP contribution is -2.17. The summed E-state index contributed by atoms with van der Waals surface area (Å²) >= 11 is 0. The van der Waals surface area contributed by atoms with E-state index in [4.69, 9.17) is 4.74 Å². The minimum atomic E-state index is -0.194. The summed E-state index contributed by atoms with van der Waals surface area (Å²) in [5.74, 6) is 0.296. The van der Waals surface area contributed by atoms with Crippen molar-refractivity contribution < 1.29 is 14.3 Å². The van der Waals surface area contributed by atoms with Crippen molar-refractivity contribution in [3.05, 3.63) is 53.1 Å². The molecule has 0 saturated carbocycles. The van der Waals surface area contributed by atoms with Crippen molar-refractivity contribution in [1.29, 1.82) is 0 Å². The minimum Gasteiger partial charge on any atom is -0.497 e. The monoisotopic (exact) mass is 352 g/mol. The van der Waals surface area contributed by atoms with Crippen LogP contribution in [0.1, 0.15) is 36.5 Å². The number of carbonyl (C=O) groups excluding carboxylic acids is 2. The molecule has 2 amide bonds. The first-order valence-electron chi connectivity index (χ1n) is 8.91. The number of anilines is 2. The molecule has 0 unspecified atom stereocenters. The number of fused-ring (bicyclic) bond motifs is 1. The summed E-state index contributed by atoms with van der Waals surface area (Å²) in [6, 6.07) is 11.5. The molecule has 1 aliphatic rings. The maximum absolute atomic E-state index is 12.5. The van der Waals surface area contributed by atoms with Crippen molar-refractivity contribution in [1.82, 2.24) is 0 Å². The summed E-state index contributed by atoms with van der Waals surface area (Å²) in [5.41, 5.74) is 4.86. The first-order valence-corrected chi connectivity index (χ1v) is 8.91. The standard InChI is InChI=1S/C21H24N2O3/c1-14(24)22-19-10-9-18(26-2)13-20(19)23-21(25)12-15-7-8-16-5-3-4-6-17(16)11-15/h7-11,13H,3-6,12H2,1-2H3,(H,22,24)(H,23,25). The van der Waals surface area contributed by atoms with Crippen LogP contribution in [0.5, 0.6) is 5.75 Å². The molecular formula is C21H24N2O3. The fourth-order valence-corrected chi connectivity index (χ4v) is 3.33. The van der Waals surface area contributed by atoms with Crippen molar-refractivity contribution in [2.24, 2.45) is 0 Å². The molecule has 0 heterocycles. The molecule has 0 radical (unpaired) electrons. The first-order chi connectivity index (χ1) is 12.5. The molecule has 136 valence electrons. The van der Waals surface area contributed by atoms with E-state index >= 15 is 0 Å². The van der Waals surface area contributed by atoms with Crippen LogP contribution in [0, 0.1) is 0 Å². The highest BCUT2D eigenvalue weighted by molar-refractivity contribution is 5.99. The second-order valence-electron chi connectivity index (χ2n) is 6.63. The first kappa shape index (κ1) is 18.0. The summed E-state index contributed by atoms with van der Waals surface area (Å²) in [4.78, 5) is 23.9. The predicted octanol–water partition coefficient (Wildman–Crippen LogP) is 3.71. The van der Waals surface area contributed by atoms with E-state index in [0.717, 1.165) is 18.4 Å². The van der Waals surface area contributed by atoms with Gasteiger partial charge in [0.15, 0.2) is 0 Å². The molecule has 1 aliphatic carbocycles. The Morgan fingerprint density at radius 3 is 2.46 bits per heavy atom. The summed E-state index contributed by atoms with van der Waals surface area (Å²) in [6.07, 6.45) is 4.98. The highest BCUT2D eigenvalue weighted by Crippen LogP contribution is 2.28. The SMILES string of the molecule is COc1ccc(NC(C)=O)c(NC(=O)Cc2ccc3c(c2)CCCC3)c1. The molecule has 2 aromatic carbocycles. The van der Waals surface area contributed by atoms with E-state index in [-0.39, 0.29) is 11.8 Å². The second-order valence-corrected chi connectivity index (χ2v) is 6.63. The number of hydrogen-bond donors (Lipinski definition) is 2. The van der Waals surface area contributed by atoms with E-state index in [2.05, 4.69) is 22.8 Å². The number of benzene rings is 2. The fraction of sp³-hybridized carbons (Fsp3) is 0.333. The Morgan fingerprint density at radius 1 is 0.962 bits per heavy atom. The third-order valence-corrected chi connectivity index (χ3v) is 4.59. The second kappa shape index (κ2) is 8.04. The Balaban J connectivity index is 1.74. The minimum absolute atomic E-state index is 0.124. The van der Waals surface area contributed by atoms with Gasteiger partial charge in [0.05, 0.1) is 24.9 Å². The Kier molecular flexibility index (Phi) is 5.56. The number of amides is 2. The van der Waals surface area contributed by atoms with Crippen LogP contribution >= 0.6 is 0 Å². The van der Waals surface area contributed by atoms with Gasteiger partial charge in [0.2, 0.25) is 11.8 Å². The van der Waals surface area contributed by atoms with E-state index in [1.54, 1.807) is 25.3 Å². The number of ether oxygens (including phenoxy) is 1. The van der Waals surface area contributed by atoms with Crippen molar-refractivity contribution in [2.75, 3.05) is 17.7 Å². The largest absolute Gasteiger partial charge is 0.497 e. The number of nitrogens with one attached hydrogen (secondary N) is 2.